The van der Waals surface area contributed by atoms with Gasteiger partial charge in [0.05, 0.1) is 7.11 Å². The number of rotatable bonds is 10. The largest absolute Gasteiger partial charge is 0.497 e. The summed E-state index contributed by atoms with van der Waals surface area (Å²) in [5.41, 5.74) is 2.67. The van der Waals surface area contributed by atoms with Crippen LogP contribution in [0.15, 0.2) is 84.9 Å². The maximum atomic E-state index is 14.0. The molecule has 0 radical (unpaired) electrons. The zero-order chi connectivity index (χ0) is 26.1. The summed E-state index contributed by atoms with van der Waals surface area (Å²) in [4.78, 5) is 29.1. The molecule has 0 bridgehead atoms. The van der Waals surface area contributed by atoms with Crippen LogP contribution >= 0.6 is 0 Å². The van der Waals surface area contributed by atoms with E-state index in [1.165, 1.54) is 0 Å². The number of ether oxygens (including phenoxy) is 1. The Morgan fingerprint density at radius 1 is 0.889 bits per heavy atom. The van der Waals surface area contributed by atoms with Crippen molar-refractivity contribution >= 4 is 11.8 Å². The molecular formula is C31H38N2O3. The van der Waals surface area contributed by atoms with Gasteiger partial charge in [0.1, 0.15) is 11.8 Å². The number of nitrogens with one attached hydrogen (secondary N) is 1. The van der Waals surface area contributed by atoms with Gasteiger partial charge in [0.15, 0.2) is 0 Å². The quantitative estimate of drug-likeness (QED) is 0.386. The second-order valence-electron chi connectivity index (χ2n) is 10.1. The summed E-state index contributed by atoms with van der Waals surface area (Å²) in [6.07, 6.45) is 0.774. The first-order valence-corrected chi connectivity index (χ1v) is 12.6. The molecule has 36 heavy (non-hydrogen) atoms. The molecule has 0 fully saturated rings. The fourth-order valence-electron chi connectivity index (χ4n) is 4.43. The van der Waals surface area contributed by atoms with E-state index < -0.39 is 11.6 Å². The van der Waals surface area contributed by atoms with Crippen molar-refractivity contribution in [2.45, 2.75) is 64.6 Å². The molecule has 1 atom stereocenters. The Balaban J connectivity index is 1.97. The molecule has 0 spiro atoms. The molecule has 0 saturated carbocycles. The zero-order valence-corrected chi connectivity index (χ0v) is 22.0. The lowest BCUT2D eigenvalue weighted by molar-refractivity contribution is -0.142. The maximum absolute atomic E-state index is 14.0. The van der Waals surface area contributed by atoms with Crippen molar-refractivity contribution in [1.29, 1.82) is 0 Å². The van der Waals surface area contributed by atoms with Gasteiger partial charge in [-0.05, 0) is 56.0 Å². The summed E-state index contributed by atoms with van der Waals surface area (Å²) < 4.78 is 5.39. The average molecular weight is 487 g/mol. The number of hydrogen-bond donors (Lipinski definition) is 1. The van der Waals surface area contributed by atoms with Crippen LogP contribution in [-0.2, 0) is 16.1 Å². The Labute approximate surface area is 215 Å². The monoisotopic (exact) mass is 486 g/mol. The molecule has 3 aromatic carbocycles. The summed E-state index contributed by atoms with van der Waals surface area (Å²) in [5.74, 6) is 0.401. The van der Waals surface area contributed by atoms with Gasteiger partial charge in [-0.1, -0.05) is 79.7 Å². The van der Waals surface area contributed by atoms with Gasteiger partial charge >= 0.3 is 0 Å². The molecule has 5 nitrogen and oxygen atoms in total. The van der Waals surface area contributed by atoms with E-state index in [1.807, 2.05) is 88.4 Å². The lowest BCUT2D eigenvalue weighted by Crippen LogP contribution is -2.53. The molecule has 0 aliphatic rings. The number of benzene rings is 3. The van der Waals surface area contributed by atoms with Crippen LogP contribution in [-0.4, -0.2) is 35.4 Å². The molecule has 190 valence electrons. The van der Waals surface area contributed by atoms with Crippen molar-refractivity contribution in [3.63, 3.8) is 0 Å². The molecule has 3 rings (SSSR count). The van der Waals surface area contributed by atoms with Gasteiger partial charge < -0.3 is 15.0 Å². The first kappa shape index (κ1) is 27.0. The average Bonchev–Trinajstić information content (AvgIpc) is 2.87. The van der Waals surface area contributed by atoms with Gasteiger partial charge in [0.25, 0.3) is 0 Å². The van der Waals surface area contributed by atoms with E-state index in [0.29, 0.717) is 13.0 Å². The van der Waals surface area contributed by atoms with Crippen molar-refractivity contribution in [1.82, 2.24) is 10.2 Å². The van der Waals surface area contributed by atoms with Crippen LogP contribution in [0.5, 0.6) is 5.75 Å². The van der Waals surface area contributed by atoms with Gasteiger partial charge in [-0.15, -0.1) is 0 Å². The standard InChI is InChI=1S/C31H38N2O3/c1-6-28(30(35)32-31(2,3)4)33(22-23-14-13-19-26(20-23)36-5)29(34)21-27(24-15-9-7-10-16-24)25-17-11-8-12-18-25/h7-20,27-28H,6,21-22H2,1-5H3,(H,32,35). The fraction of sp³-hybridized carbons (Fsp3) is 0.355. The Morgan fingerprint density at radius 3 is 1.97 bits per heavy atom. The van der Waals surface area contributed by atoms with Crippen molar-refractivity contribution < 1.29 is 14.3 Å². The minimum absolute atomic E-state index is 0.0635. The lowest BCUT2D eigenvalue weighted by Gasteiger charge is -2.34. The van der Waals surface area contributed by atoms with Crippen LogP contribution in [0.25, 0.3) is 0 Å². The normalized spacial score (nSPS) is 12.2. The molecular weight excluding hydrogens is 448 g/mol. The topological polar surface area (TPSA) is 58.6 Å². The highest BCUT2D eigenvalue weighted by molar-refractivity contribution is 5.88. The molecule has 5 heteroatoms. The van der Waals surface area contributed by atoms with Crippen LogP contribution in [0.1, 0.15) is 63.1 Å². The molecule has 1 unspecified atom stereocenters. The molecule has 3 aromatic rings. The number of hydrogen-bond acceptors (Lipinski definition) is 3. The minimum atomic E-state index is -0.588. The summed E-state index contributed by atoms with van der Waals surface area (Å²) in [6, 6.07) is 27.2. The molecule has 0 saturated heterocycles. The van der Waals surface area contributed by atoms with E-state index in [-0.39, 0.29) is 24.2 Å². The molecule has 0 aliphatic carbocycles. The minimum Gasteiger partial charge on any atom is -0.497 e. The first-order chi connectivity index (χ1) is 17.2. The lowest BCUT2D eigenvalue weighted by atomic mass is 9.88. The third kappa shape index (κ3) is 7.45. The van der Waals surface area contributed by atoms with E-state index in [0.717, 1.165) is 22.4 Å². The van der Waals surface area contributed by atoms with Crippen LogP contribution in [0.2, 0.25) is 0 Å². The van der Waals surface area contributed by atoms with E-state index in [4.69, 9.17) is 4.74 Å². The summed E-state index contributed by atoms with van der Waals surface area (Å²) in [6.45, 7) is 8.12. The summed E-state index contributed by atoms with van der Waals surface area (Å²) >= 11 is 0. The van der Waals surface area contributed by atoms with Crippen molar-refractivity contribution in [3.8, 4) is 5.75 Å². The predicted octanol–water partition coefficient (Wildman–Crippen LogP) is 5.94. The van der Waals surface area contributed by atoms with Gasteiger partial charge in [-0.3, -0.25) is 9.59 Å². The van der Waals surface area contributed by atoms with Crippen molar-refractivity contribution in [3.05, 3.63) is 102 Å². The second kappa shape index (κ2) is 12.4. The molecule has 0 aromatic heterocycles. The second-order valence-corrected chi connectivity index (χ2v) is 10.1. The first-order valence-electron chi connectivity index (χ1n) is 12.6. The third-order valence-electron chi connectivity index (χ3n) is 6.15. The van der Waals surface area contributed by atoms with E-state index in [1.54, 1.807) is 12.0 Å². The zero-order valence-electron chi connectivity index (χ0n) is 22.0. The number of nitrogens with zero attached hydrogens (tertiary/aromatic N) is 1. The van der Waals surface area contributed by atoms with Crippen molar-refractivity contribution in [2.24, 2.45) is 0 Å². The predicted molar refractivity (Wildman–Crippen MR) is 145 cm³/mol. The van der Waals surface area contributed by atoms with Gasteiger partial charge in [-0.25, -0.2) is 0 Å². The Kier molecular flexibility index (Phi) is 9.29. The highest BCUT2D eigenvalue weighted by Gasteiger charge is 2.32. The third-order valence-corrected chi connectivity index (χ3v) is 6.15. The van der Waals surface area contributed by atoms with Crippen LogP contribution < -0.4 is 10.1 Å². The SMILES string of the molecule is CCC(C(=O)NC(C)(C)C)N(Cc1cccc(OC)c1)C(=O)CC(c1ccccc1)c1ccccc1. The van der Waals surface area contributed by atoms with Gasteiger partial charge in [0, 0.05) is 24.4 Å². The van der Waals surface area contributed by atoms with Gasteiger partial charge in [0.2, 0.25) is 11.8 Å². The van der Waals surface area contributed by atoms with Crippen LogP contribution in [0.4, 0.5) is 0 Å². The Morgan fingerprint density at radius 2 is 1.47 bits per heavy atom. The van der Waals surface area contributed by atoms with Crippen LogP contribution in [0, 0.1) is 0 Å². The van der Waals surface area contributed by atoms with Crippen molar-refractivity contribution in [2.75, 3.05) is 7.11 Å². The summed E-state index contributed by atoms with van der Waals surface area (Å²) in [7, 11) is 1.62. The molecule has 1 N–H and O–H groups in total. The van der Waals surface area contributed by atoms with Gasteiger partial charge in [-0.2, -0.15) is 0 Å². The van der Waals surface area contributed by atoms with Crippen LogP contribution in [0.3, 0.4) is 0 Å². The maximum Gasteiger partial charge on any atom is 0.243 e. The Bertz CT molecular complexity index is 1080. The molecule has 0 heterocycles. The fourth-order valence-corrected chi connectivity index (χ4v) is 4.43. The molecule has 0 aliphatic heterocycles. The number of carbonyl (C=O) groups is 2. The van der Waals surface area contributed by atoms with E-state index >= 15 is 0 Å². The van der Waals surface area contributed by atoms with E-state index in [9.17, 15) is 9.59 Å². The number of carbonyl (C=O) groups excluding carboxylic acids is 2. The van der Waals surface area contributed by atoms with E-state index in [2.05, 4.69) is 29.6 Å². The summed E-state index contributed by atoms with van der Waals surface area (Å²) in [5, 5.41) is 3.07. The number of amides is 2. The Hall–Kier alpha value is -3.60. The molecule has 2 amide bonds. The highest BCUT2D eigenvalue weighted by Crippen LogP contribution is 2.30. The number of methoxy groups -OCH3 is 1. The highest BCUT2D eigenvalue weighted by atomic mass is 16.5. The smallest absolute Gasteiger partial charge is 0.243 e.